The molecule has 10 heteroatoms. The van der Waals surface area contributed by atoms with Crippen LogP contribution in [0.15, 0.2) is 45.8 Å². The van der Waals surface area contributed by atoms with E-state index in [0.29, 0.717) is 27.7 Å². The Morgan fingerprint density at radius 3 is 2.79 bits per heavy atom. The van der Waals surface area contributed by atoms with Gasteiger partial charge in [0.25, 0.3) is 5.91 Å². The number of hydrogen-bond donors (Lipinski definition) is 1. The third kappa shape index (κ3) is 3.87. The van der Waals surface area contributed by atoms with Crippen LogP contribution in [0.4, 0.5) is 13.9 Å². The maximum atomic E-state index is 13.4. The number of aryl methyl sites for hydroxylation is 1. The number of nitrogens with zero attached hydrogens (tertiary/aromatic N) is 3. The highest BCUT2D eigenvalue weighted by atomic mass is 32.2. The molecule has 0 saturated heterocycles. The maximum absolute atomic E-state index is 13.4. The Morgan fingerprint density at radius 1 is 1.21 bits per heavy atom. The minimum absolute atomic E-state index is 0.261. The van der Waals surface area contributed by atoms with E-state index in [1.807, 2.05) is 12.1 Å². The average molecular weight is 418 g/mol. The van der Waals surface area contributed by atoms with Crippen LogP contribution in [0.1, 0.15) is 22.1 Å². The van der Waals surface area contributed by atoms with Gasteiger partial charge in [-0.3, -0.25) is 10.1 Å². The van der Waals surface area contributed by atoms with Gasteiger partial charge in [-0.15, -0.1) is 11.8 Å². The number of halogens is 2. The van der Waals surface area contributed by atoms with Gasteiger partial charge in [0.2, 0.25) is 5.89 Å². The van der Waals surface area contributed by atoms with E-state index in [-0.39, 0.29) is 16.6 Å². The zero-order valence-electron chi connectivity index (χ0n) is 14.4. The van der Waals surface area contributed by atoms with Crippen molar-refractivity contribution in [3.63, 3.8) is 0 Å². The molecule has 6 nitrogen and oxygen atoms in total. The Hall–Kier alpha value is -2.85. The minimum Gasteiger partial charge on any atom is -0.338 e. The number of rotatable bonds is 5. The number of hydrogen-bond acceptors (Lipinski definition) is 7. The SMILES string of the molecule is Cc1noc(CSc2ccccc2C(=O)Nc2nc3cc(F)c(F)cc3s2)n1. The topological polar surface area (TPSA) is 80.9 Å². The number of amides is 1. The quantitative estimate of drug-likeness (QED) is 0.469. The monoisotopic (exact) mass is 418 g/mol. The van der Waals surface area contributed by atoms with E-state index >= 15 is 0 Å². The van der Waals surface area contributed by atoms with Crippen LogP contribution in [0.25, 0.3) is 10.2 Å². The second kappa shape index (κ2) is 7.64. The van der Waals surface area contributed by atoms with E-state index < -0.39 is 11.6 Å². The molecule has 1 amide bonds. The van der Waals surface area contributed by atoms with Crippen molar-refractivity contribution in [3.8, 4) is 0 Å². The van der Waals surface area contributed by atoms with E-state index in [0.717, 1.165) is 28.4 Å². The Labute approximate surface area is 166 Å². The fourth-order valence-electron chi connectivity index (χ4n) is 2.46. The number of carbonyl (C=O) groups is 1. The van der Waals surface area contributed by atoms with Crippen LogP contribution < -0.4 is 5.32 Å². The standard InChI is InChI=1S/C18H12F2N4O2S2/c1-9-21-16(26-24-9)8-27-14-5-3-2-4-10(14)17(25)23-18-22-13-6-11(19)12(20)7-15(13)28-18/h2-7H,8H2,1H3,(H,22,23,25). The van der Waals surface area contributed by atoms with Crippen LogP contribution in [0.3, 0.4) is 0 Å². The lowest BCUT2D eigenvalue weighted by molar-refractivity contribution is 0.102. The van der Waals surface area contributed by atoms with Crippen LogP contribution >= 0.6 is 23.1 Å². The molecule has 0 saturated carbocycles. The van der Waals surface area contributed by atoms with E-state index in [4.69, 9.17) is 4.52 Å². The number of thioether (sulfide) groups is 1. The van der Waals surface area contributed by atoms with E-state index in [9.17, 15) is 13.6 Å². The van der Waals surface area contributed by atoms with Gasteiger partial charge in [-0.1, -0.05) is 28.6 Å². The van der Waals surface area contributed by atoms with Gasteiger partial charge in [-0.05, 0) is 25.1 Å². The molecule has 0 fully saturated rings. The zero-order chi connectivity index (χ0) is 19.7. The number of fused-ring (bicyclic) bond motifs is 1. The van der Waals surface area contributed by atoms with E-state index in [1.165, 1.54) is 11.8 Å². The first-order valence-corrected chi connectivity index (χ1v) is 9.88. The molecule has 0 spiro atoms. The smallest absolute Gasteiger partial charge is 0.258 e. The van der Waals surface area contributed by atoms with Crippen molar-refractivity contribution in [1.29, 1.82) is 0 Å². The molecule has 2 heterocycles. The highest BCUT2D eigenvalue weighted by Crippen LogP contribution is 2.30. The first-order chi connectivity index (χ1) is 13.5. The largest absolute Gasteiger partial charge is 0.338 e. The molecule has 0 radical (unpaired) electrons. The van der Waals surface area contributed by atoms with Crippen molar-refractivity contribution in [1.82, 2.24) is 15.1 Å². The Kier molecular flexibility index (Phi) is 5.05. The predicted molar refractivity (Wildman–Crippen MR) is 103 cm³/mol. The lowest BCUT2D eigenvalue weighted by Gasteiger charge is -2.07. The summed E-state index contributed by atoms with van der Waals surface area (Å²) in [7, 11) is 0. The summed E-state index contributed by atoms with van der Waals surface area (Å²) in [4.78, 5) is 21.7. The number of thiazole rings is 1. The summed E-state index contributed by atoms with van der Waals surface area (Å²) in [5, 5.41) is 6.69. The first-order valence-electron chi connectivity index (χ1n) is 8.07. The van der Waals surface area contributed by atoms with Crippen molar-refractivity contribution in [3.05, 3.63) is 65.3 Å². The van der Waals surface area contributed by atoms with Crippen LogP contribution in [0.5, 0.6) is 0 Å². The molecule has 4 aromatic rings. The van der Waals surface area contributed by atoms with Gasteiger partial charge in [0.05, 0.1) is 21.5 Å². The summed E-state index contributed by atoms with van der Waals surface area (Å²) in [6.07, 6.45) is 0. The molecule has 2 aromatic carbocycles. The molecule has 0 aliphatic carbocycles. The van der Waals surface area contributed by atoms with Gasteiger partial charge in [-0.2, -0.15) is 4.98 Å². The number of benzene rings is 2. The maximum Gasteiger partial charge on any atom is 0.258 e. The molecule has 0 unspecified atom stereocenters. The highest BCUT2D eigenvalue weighted by molar-refractivity contribution is 7.98. The molecule has 28 heavy (non-hydrogen) atoms. The van der Waals surface area contributed by atoms with Gasteiger partial charge in [0.1, 0.15) is 0 Å². The summed E-state index contributed by atoms with van der Waals surface area (Å²) in [6, 6.07) is 9.14. The summed E-state index contributed by atoms with van der Waals surface area (Å²) >= 11 is 2.46. The van der Waals surface area contributed by atoms with Crippen LogP contribution in [-0.4, -0.2) is 21.0 Å². The van der Waals surface area contributed by atoms with Crippen LogP contribution in [0.2, 0.25) is 0 Å². The molecule has 2 aromatic heterocycles. The molecule has 0 aliphatic heterocycles. The normalized spacial score (nSPS) is 11.1. The molecular weight excluding hydrogens is 406 g/mol. The van der Waals surface area contributed by atoms with Crippen molar-refractivity contribution in [2.75, 3.05) is 5.32 Å². The van der Waals surface area contributed by atoms with Crippen LogP contribution in [0, 0.1) is 18.6 Å². The third-order valence-electron chi connectivity index (χ3n) is 3.70. The fourth-order valence-corrected chi connectivity index (χ4v) is 4.21. The molecule has 0 atom stereocenters. The number of carbonyl (C=O) groups excluding carboxylic acids is 1. The highest BCUT2D eigenvalue weighted by Gasteiger charge is 2.16. The number of aromatic nitrogens is 3. The predicted octanol–water partition coefficient (Wildman–Crippen LogP) is 4.81. The zero-order valence-corrected chi connectivity index (χ0v) is 16.0. The second-order valence-electron chi connectivity index (χ2n) is 5.73. The fraction of sp³-hybridized carbons (Fsp3) is 0.111. The summed E-state index contributed by atoms with van der Waals surface area (Å²) in [6.45, 7) is 1.73. The second-order valence-corrected chi connectivity index (χ2v) is 7.78. The molecule has 142 valence electrons. The third-order valence-corrected chi connectivity index (χ3v) is 5.70. The summed E-state index contributed by atoms with van der Waals surface area (Å²) in [5.41, 5.74) is 0.731. The van der Waals surface area contributed by atoms with Gasteiger partial charge in [-0.25, -0.2) is 13.8 Å². The molecule has 0 bridgehead atoms. The molecular formula is C18H12F2N4O2S2. The van der Waals surface area contributed by atoms with Crippen molar-refractivity contribution in [2.45, 2.75) is 17.6 Å². The lowest BCUT2D eigenvalue weighted by Crippen LogP contribution is -2.12. The van der Waals surface area contributed by atoms with E-state index in [2.05, 4.69) is 20.4 Å². The van der Waals surface area contributed by atoms with Crippen LogP contribution in [-0.2, 0) is 5.75 Å². The Bertz CT molecular complexity index is 1140. The number of anilines is 1. The minimum atomic E-state index is -0.978. The molecule has 4 rings (SSSR count). The van der Waals surface area contributed by atoms with Gasteiger partial charge in [0, 0.05) is 11.0 Å². The van der Waals surface area contributed by atoms with Crippen molar-refractivity contribution < 1.29 is 18.1 Å². The Morgan fingerprint density at radius 2 is 2.00 bits per heavy atom. The van der Waals surface area contributed by atoms with Gasteiger partial charge >= 0.3 is 0 Å². The lowest BCUT2D eigenvalue weighted by atomic mass is 10.2. The summed E-state index contributed by atoms with van der Waals surface area (Å²) < 4.78 is 32.2. The van der Waals surface area contributed by atoms with Gasteiger partial charge in [0.15, 0.2) is 22.6 Å². The van der Waals surface area contributed by atoms with Crippen molar-refractivity contribution in [2.24, 2.45) is 0 Å². The van der Waals surface area contributed by atoms with E-state index in [1.54, 1.807) is 19.1 Å². The van der Waals surface area contributed by atoms with Gasteiger partial charge < -0.3 is 4.52 Å². The van der Waals surface area contributed by atoms with Crippen molar-refractivity contribution >= 4 is 44.4 Å². The molecule has 1 N–H and O–H groups in total. The Balaban J connectivity index is 1.53. The first kappa shape index (κ1) is 18.5. The average Bonchev–Trinajstić information content (AvgIpc) is 3.26. The number of nitrogens with one attached hydrogen (secondary N) is 1. The summed E-state index contributed by atoms with van der Waals surface area (Å²) in [5.74, 6) is -0.867. The molecule has 0 aliphatic rings.